The lowest BCUT2D eigenvalue weighted by molar-refractivity contribution is 0.283. The van der Waals surface area contributed by atoms with Gasteiger partial charge in [0.15, 0.2) is 0 Å². The predicted octanol–water partition coefficient (Wildman–Crippen LogP) is 5.09. The van der Waals surface area contributed by atoms with E-state index >= 15 is 0 Å². The lowest BCUT2D eigenvalue weighted by Crippen LogP contribution is -2.33. The van der Waals surface area contributed by atoms with E-state index in [1.165, 1.54) is 40.9 Å². The number of hydrogen-bond donors (Lipinski definition) is 0. The number of fused-ring (bicyclic) bond motifs is 1. The second kappa shape index (κ2) is 6.96. The van der Waals surface area contributed by atoms with Gasteiger partial charge in [0.2, 0.25) is 0 Å². The third-order valence-electron chi connectivity index (χ3n) is 4.63. The summed E-state index contributed by atoms with van der Waals surface area (Å²) >= 11 is 1.95. The molecule has 0 aliphatic carbocycles. The maximum atomic E-state index is 5.02. The van der Waals surface area contributed by atoms with E-state index in [4.69, 9.17) is 4.98 Å². The molecule has 0 N–H and O–H groups in total. The molecule has 1 aliphatic heterocycles. The van der Waals surface area contributed by atoms with Crippen LogP contribution in [-0.4, -0.2) is 35.3 Å². The number of pyridine rings is 1. The van der Waals surface area contributed by atoms with Crippen LogP contribution in [0.15, 0.2) is 65.7 Å². The van der Waals surface area contributed by atoms with Crippen LogP contribution >= 0.6 is 11.8 Å². The summed E-state index contributed by atoms with van der Waals surface area (Å²) < 4.78 is 0. The molecule has 1 aromatic heterocycles. The average molecular weight is 334 g/mol. The zero-order chi connectivity index (χ0) is 16.4. The van der Waals surface area contributed by atoms with Gasteiger partial charge in [0.25, 0.3) is 0 Å². The van der Waals surface area contributed by atoms with Gasteiger partial charge in [-0.25, -0.2) is 4.98 Å². The fourth-order valence-electron chi connectivity index (χ4n) is 3.39. The summed E-state index contributed by atoms with van der Waals surface area (Å²) in [6.07, 6.45) is 2.56. The predicted molar refractivity (Wildman–Crippen MR) is 104 cm³/mol. The lowest BCUT2D eigenvalue weighted by Gasteiger charge is -2.29. The number of hydrogen-bond acceptors (Lipinski definition) is 3. The summed E-state index contributed by atoms with van der Waals surface area (Å²) in [5, 5.41) is 3.00. The van der Waals surface area contributed by atoms with Gasteiger partial charge in [-0.3, -0.25) is 0 Å². The van der Waals surface area contributed by atoms with Crippen molar-refractivity contribution >= 4 is 22.7 Å². The van der Waals surface area contributed by atoms with Gasteiger partial charge in [0.05, 0.1) is 5.52 Å². The SMILES string of the molecule is CN1CCC[C@H](Sc2nc3ccccc3cc2-c2ccccc2)C1. The van der Waals surface area contributed by atoms with Crippen molar-refractivity contribution in [3.05, 3.63) is 60.7 Å². The minimum absolute atomic E-state index is 0.625. The molecule has 3 aromatic rings. The van der Waals surface area contributed by atoms with Crippen molar-refractivity contribution in [1.82, 2.24) is 9.88 Å². The number of para-hydroxylation sites is 1. The maximum Gasteiger partial charge on any atom is 0.105 e. The molecule has 0 spiro atoms. The Balaban J connectivity index is 1.76. The van der Waals surface area contributed by atoms with Gasteiger partial charge in [0, 0.05) is 22.7 Å². The van der Waals surface area contributed by atoms with Crippen molar-refractivity contribution in [2.24, 2.45) is 0 Å². The standard InChI is InChI=1S/C21H22N2S/c1-23-13-7-11-18(15-23)24-21-19(16-8-3-2-4-9-16)14-17-10-5-6-12-20(17)22-21/h2-6,8-10,12,14,18H,7,11,13,15H2,1H3/t18-/m0/s1. The minimum atomic E-state index is 0.625. The van der Waals surface area contributed by atoms with Crippen molar-refractivity contribution in [3.63, 3.8) is 0 Å². The molecule has 0 radical (unpaired) electrons. The molecule has 3 heteroatoms. The second-order valence-corrected chi connectivity index (χ2v) is 7.83. The summed E-state index contributed by atoms with van der Waals surface area (Å²) in [6.45, 7) is 2.36. The van der Waals surface area contributed by atoms with Crippen molar-refractivity contribution in [2.75, 3.05) is 20.1 Å². The number of rotatable bonds is 3. The Morgan fingerprint density at radius 3 is 2.67 bits per heavy atom. The van der Waals surface area contributed by atoms with Gasteiger partial charge in [0.1, 0.15) is 5.03 Å². The van der Waals surface area contributed by atoms with Gasteiger partial charge < -0.3 is 4.90 Å². The molecule has 0 amide bonds. The molecular formula is C21H22N2S. The van der Waals surface area contributed by atoms with Crippen molar-refractivity contribution in [3.8, 4) is 11.1 Å². The van der Waals surface area contributed by atoms with E-state index in [0.717, 1.165) is 12.1 Å². The van der Waals surface area contributed by atoms with E-state index in [9.17, 15) is 0 Å². The third-order valence-corrected chi connectivity index (χ3v) is 5.89. The quantitative estimate of drug-likeness (QED) is 0.664. The summed E-state index contributed by atoms with van der Waals surface area (Å²) in [6, 6.07) is 21.4. The molecule has 1 atom stereocenters. The first-order valence-electron chi connectivity index (χ1n) is 8.60. The molecule has 1 fully saturated rings. The van der Waals surface area contributed by atoms with Gasteiger partial charge in [-0.15, -0.1) is 11.8 Å². The zero-order valence-electron chi connectivity index (χ0n) is 14.0. The van der Waals surface area contributed by atoms with E-state index < -0.39 is 0 Å². The molecule has 122 valence electrons. The van der Waals surface area contributed by atoms with Gasteiger partial charge in [-0.2, -0.15) is 0 Å². The Kier molecular flexibility index (Phi) is 4.54. The smallest absolute Gasteiger partial charge is 0.105 e. The molecule has 1 saturated heterocycles. The number of nitrogens with zero attached hydrogens (tertiary/aromatic N) is 2. The maximum absolute atomic E-state index is 5.02. The number of thioether (sulfide) groups is 1. The van der Waals surface area contributed by atoms with Crippen LogP contribution in [0.4, 0.5) is 0 Å². The van der Waals surface area contributed by atoms with Crippen LogP contribution in [0.25, 0.3) is 22.0 Å². The molecule has 1 aliphatic rings. The van der Waals surface area contributed by atoms with Crippen LogP contribution in [0.3, 0.4) is 0 Å². The normalized spacial score (nSPS) is 18.8. The fourth-order valence-corrected chi connectivity index (χ4v) is 4.77. The fraction of sp³-hybridized carbons (Fsp3) is 0.286. The molecule has 2 aromatic carbocycles. The number of aromatic nitrogens is 1. The Morgan fingerprint density at radius 2 is 1.83 bits per heavy atom. The Bertz CT molecular complexity index is 832. The summed E-state index contributed by atoms with van der Waals surface area (Å²) in [4.78, 5) is 7.45. The number of benzene rings is 2. The van der Waals surface area contributed by atoms with E-state index in [2.05, 4.69) is 72.6 Å². The molecule has 24 heavy (non-hydrogen) atoms. The highest BCUT2D eigenvalue weighted by atomic mass is 32.2. The van der Waals surface area contributed by atoms with Crippen LogP contribution in [0.2, 0.25) is 0 Å². The van der Waals surface area contributed by atoms with E-state index in [0.29, 0.717) is 5.25 Å². The van der Waals surface area contributed by atoms with Crippen LogP contribution in [0, 0.1) is 0 Å². The van der Waals surface area contributed by atoms with Crippen LogP contribution in [-0.2, 0) is 0 Å². The Morgan fingerprint density at radius 1 is 1.04 bits per heavy atom. The minimum Gasteiger partial charge on any atom is -0.305 e. The monoisotopic (exact) mass is 334 g/mol. The van der Waals surface area contributed by atoms with Crippen LogP contribution in [0.5, 0.6) is 0 Å². The molecule has 0 unspecified atom stereocenters. The van der Waals surface area contributed by atoms with Crippen molar-refractivity contribution in [1.29, 1.82) is 0 Å². The highest BCUT2D eigenvalue weighted by Gasteiger charge is 2.21. The van der Waals surface area contributed by atoms with E-state index in [1.807, 2.05) is 11.8 Å². The molecule has 0 saturated carbocycles. The molecule has 0 bridgehead atoms. The molecule has 4 rings (SSSR count). The van der Waals surface area contributed by atoms with E-state index in [1.54, 1.807) is 0 Å². The van der Waals surface area contributed by atoms with Gasteiger partial charge in [-0.05, 0) is 44.1 Å². The van der Waals surface area contributed by atoms with Gasteiger partial charge in [-0.1, -0.05) is 48.5 Å². The Labute approximate surface area is 147 Å². The highest BCUT2D eigenvalue weighted by molar-refractivity contribution is 8.00. The summed E-state index contributed by atoms with van der Waals surface area (Å²) in [5.41, 5.74) is 3.60. The summed E-state index contributed by atoms with van der Waals surface area (Å²) in [5.74, 6) is 0. The zero-order valence-corrected chi connectivity index (χ0v) is 14.8. The molecule has 2 nitrogen and oxygen atoms in total. The Hall–Kier alpha value is -1.84. The summed E-state index contributed by atoms with van der Waals surface area (Å²) in [7, 11) is 2.22. The van der Waals surface area contributed by atoms with Gasteiger partial charge >= 0.3 is 0 Å². The highest BCUT2D eigenvalue weighted by Crippen LogP contribution is 2.36. The largest absolute Gasteiger partial charge is 0.305 e. The molecule has 2 heterocycles. The second-order valence-electron chi connectivity index (χ2n) is 6.54. The average Bonchev–Trinajstić information content (AvgIpc) is 2.62. The number of likely N-dealkylation sites (tertiary alicyclic amines) is 1. The first-order valence-corrected chi connectivity index (χ1v) is 9.48. The van der Waals surface area contributed by atoms with Crippen LogP contribution in [0.1, 0.15) is 12.8 Å². The van der Waals surface area contributed by atoms with Crippen molar-refractivity contribution < 1.29 is 0 Å². The third kappa shape index (κ3) is 3.33. The topological polar surface area (TPSA) is 16.1 Å². The number of piperidine rings is 1. The molecular weight excluding hydrogens is 312 g/mol. The first kappa shape index (κ1) is 15.7. The van der Waals surface area contributed by atoms with Crippen LogP contribution < -0.4 is 0 Å². The lowest BCUT2D eigenvalue weighted by atomic mass is 10.1. The first-order chi connectivity index (χ1) is 11.8. The van der Waals surface area contributed by atoms with Crippen molar-refractivity contribution in [2.45, 2.75) is 23.1 Å². The van der Waals surface area contributed by atoms with E-state index in [-0.39, 0.29) is 0 Å².